The zero-order valence-electron chi connectivity index (χ0n) is 15.4. The number of carboxylic acid groups (broad SMARTS) is 1. The van der Waals surface area contributed by atoms with Crippen molar-refractivity contribution in [1.82, 2.24) is 0 Å². The topological polar surface area (TPSA) is 66.4 Å². The van der Waals surface area contributed by atoms with Gasteiger partial charge in [-0.1, -0.05) is 44.2 Å². The van der Waals surface area contributed by atoms with Crippen molar-refractivity contribution in [3.05, 3.63) is 64.7 Å². The fraction of sp³-hybridized carbons (Fsp3) is 0.333. The van der Waals surface area contributed by atoms with E-state index in [0.717, 1.165) is 17.0 Å². The molecule has 0 unspecified atom stereocenters. The summed E-state index contributed by atoms with van der Waals surface area (Å²) in [7, 11) is 0. The fourth-order valence-electron chi connectivity index (χ4n) is 2.64. The molecule has 26 heavy (non-hydrogen) atoms. The number of aromatic carboxylic acids is 1. The molecule has 2 rings (SSSR count). The van der Waals surface area contributed by atoms with E-state index < -0.39 is 5.97 Å². The second-order valence-corrected chi connectivity index (χ2v) is 8.02. The zero-order valence-corrected chi connectivity index (χ0v) is 16.2. The van der Waals surface area contributed by atoms with E-state index in [2.05, 4.69) is 25.2 Å². The lowest BCUT2D eigenvalue weighted by molar-refractivity contribution is -0.116. The molecule has 0 bridgehead atoms. The first-order valence-electron chi connectivity index (χ1n) is 8.69. The molecular weight excluding hydrogens is 346 g/mol. The van der Waals surface area contributed by atoms with E-state index in [-0.39, 0.29) is 17.9 Å². The van der Waals surface area contributed by atoms with Crippen molar-refractivity contribution in [1.29, 1.82) is 0 Å². The summed E-state index contributed by atoms with van der Waals surface area (Å²) in [6.45, 7) is 6.35. The molecule has 2 N–H and O–H groups in total. The molecule has 138 valence electrons. The van der Waals surface area contributed by atoms with Crippen LogP contribution < -0.4 is 5.32 Å². The van der Waals surface area contributed by atoms with Gasteiger partial charge in [-0.05, 0) is 47.4 Å². The van der Waals surface area contributed by atoms with E-state index >= 15 is 0 Å². The molecule has 2 aromatic rings. The highest BCUT2D eigenvalue weighted by Gasteiger charge is 2.12. The Kier molecular flexibility index (Phi) is 7.27. The Bertz CT molecular complexity index is 787. The Balaban J connectivity index is 2.00. The van der Waals surface area contributed by atoms with Gasteiger partial charge in [0.05, 0.1) is 5.56 Å². The average molecular weight is 372 g/mol. The number of aryl methyl sites for hydroxylation is 1. The highest BCUT2D eigenvalue weighted by Crippen LogP contribution is 2.25. The maximum atomic E-state index is 12.3. The van der Waals surface area contributed by atoms with Crippen LogP contribution in [0.3, 0.4) is 0 Å². The molecule has 2 aromatic carbocycles. The molecule has 0 saturated heterocycles. The third kappa shape index (κ3) is 5.63. The number of hydrogen-bond donors (Lipinski definition) is 2. The van der Waals surface area contributed by atoms with Crippen LogP contribution in [0.25, 0.3) is 0 Å². The van der Waals surface area contributed by atoms with Gasteiger partial charge in [0.2, 0.25) is 5.91 Å². The number of carboxylic acids is 1. The first kappa shape index (κ1) is 20.0. The van der Waals surface area contributed by atoms with Crippen molar-refractivity contribution in [3.63, 3.8) is 0 Å². The lowest BCUT2D eigenvalue weighted by Crippen LogP contribution is -2.14. The minimum Gasteiger partial charge on any atom is -0.478 e. The second kappa shape index (κ2) is 9.43. The molecule has 0 aliphatic heterocycles. The van der Waals surface area contributed by atoms with Crippen LogP contribution in [0.4, 0.5) is 5.69 Å². The van der Waals surface area contributed by atoms with E-state index in [0.29, 0.717) is 17.2 Å². The van der Waals surface area contributed by atoms with Crippen LogP contribution in [0.2, 0.25) is 0 Å². The van der Waals surface area contributed by atoms with E-state index in [1.807, 2.05) is 30.8 Å². The fourth-order valence-corrected chi connectivity index (χ4v) is 3.47. The van der Waals surface area contributed by atoms with E-state index in [1.165, 1.54) is 5.56 Å². The van der Waals surface area contributed by atoms with Crippen molar-refractivity contribution in [2.24, 2.45) is 0 Å². The Morgan fingerprint density at radius 1 is 1.08 bits per heavy atom. The van der Waals surface area contributed by atoms with Gasteiger partial charge in [0.1, 0.15) is 0 Å². The molecule has 0 aromatic heterocycles. The minimum absolute atomic E-state index is 0.109. The normalized spacial score (nSPS) is 10.8. The van der Waals surface area contributed by atoms with Crippen LogP contribution in [0.15, 0.2) is 42.5 Å². The number of thioether (sulfide) groups is 1. The molecule has 0 radical (unpaired) electrons. The molecule has 0 saturated carbocycles. The maximum Gasteiger partial charge on any atom is 0.335 e. The van der Waals surface area contributed by atoms with Crippen molar-refractivity contribution in [2.45, 2.75) is 44.6 Å². The molecule has 0 spiro atoms. The number of benzene rings is 2. The summed E-state index contributed by atoms with van der Waals surface area (Å²) in [6.07, 6.45) is 0.644. The van der Waals surface area contributed by atoms with E-state index in [4.69, 9.17) is 0 Å². The summed E-state index contributed by atoms with van der Waals surface area (Å²) in [5.41, 5.74) is 4.05. The molecular formula is C21H25NO3S. The maximum absolute atomic E-state index is 12.3. The van der Waals surface area contributed by atoms with Gasteiger partial charge >= 0.3 is 5.97 Å². The molecule has 0 aliphatic rings. The lowest BCUT2D eigenvalue weighted by Gasteiger charge is -2.13. The lowest BCUT2D eigenvalue weighted by atomic mass is 10.0. The second-order valence-electron chi connectivity index (χ2n) is 6.46. The van der Waals surface area contributed by atoms with Crippen LogP contribution in [0, 0.1) is 6.92 Å². The molecule has 5 heteroatoms. The predicted molar refractivity (Wildman–Crippen MR) is 108 cm³/mol. The summed E-state index contributed by atoms with van der Waals surface area (Å²) in [5, 5.41) is 12.7. The quantitative estimate of drug-likeness (QED) is 0.692. The van der Waals surface area contributed by atoms with Crippen molar-refractivity contribution in [3.8, 4) is 0 Å². The Labute approximate surface area is 159 Å². The van der Waals surface area contributed by atoms with Crippen molar-refractivity contribution >= 4 is 29.3 Å². The number of amides is 1. The van der Waals surface area contributed by atoms with E-state index in [9.17, 15) is 14.7 Å². The van der Waals surface area contributed by atoms with Gasteiger partial charge in [-0.15, -0.1) is 0 Å². The van der Waals surface area contributed by atoms with Gasteiger partial charge in [-0.2, -0.15) is 11.8 Å². The number of carbonyl (C=O) groups is 2. The van der Waals surface area contributed by atoms with Gasteiger partial charge in [0.25, 0.3) is 0 Å². The number of nitrogens with one attached hydrogen (secondary N) is 1. The van der Waals surface area contributed by atoms with Crippen LogP contribution in [0.1, 0.15) is 47.3 Å². The number of hydrogen-bond acceptors (Lipinski definition) is 3. The van der Waals surface area contributed by atoms with Crippen LogP contribution in [-0.2, 0) is 17.0 Å². The van der Waals surface area contributed by atoms with Gasteiger partial charge in [-0.25, -0.2) is 4.79 Å². The van der Waals surface area contributed by atoms with Gasteiger partial charge in [-0.3, -0.25) is 4.79 Å². The summed E-state index contributed by atoms with van der Waals surface area (Å²) >= 11 is 1.87. The highest BCUT2D eigenvalue weighted by molar-refractivity contribution is 7.99. The number of rotatable bonds is 8. The van der Waals surface area contributed by atoms with E-state index in [1.54, 1.807) is 24.3 Å². The molecule has 0 atom stereocenters. The first-order chi connectivity index (χ1) is 12.4. The minimum atomic E-state index is -0.966. The standard InChI is InChI=1S/C21H25NO3S/c1-14(2)26-13-17-8-6-10-19(15(17)3)22-20(23)12-11-16-7-4-5-9-18(16)21(24)25/h4-10,14H,11-13H2,1-3H3,(H,22,23)(H,24,25). The number of carbonyl (C=O) groups excluding carboxylic acids is 1. The Hall–Kier alpha value is -2.27. The summed E-state index contributed by atoms with van der Waals surface area (Å²) in [5.74, 6) is -0.159. The molecule has 0 fully saturated rings. The largest absolute Gasteiger partial charge is 0.478 e. The van der Waals surface area contributed by atoms with Gasteiger partial charge in [0, 0.05) is 17.9 Å². The smallest absolute Gasteiger partial charge is 0.335 e. The highest BCUT2D eigenvalue weighted by atomic mass is 32.2. The summed E-state index contributed by atoms with van der Waals surface area (Å²) in [4.78, 5) is 23.6. The summed E-state index contributed by atoms with van der Waals surface area (Å²) in [6, 6.07) is 12.8. The van der Waals surface area contributed by atoms with Crippen LogP contribution in [0.5, 0.6) is 0 Å². The SMILES string of the molecule is Cc1c(CSC(C)C)cccc1NC(=O)CCc1ccccc1C(=O)O. The molecule has 0 aliphatic carbocycles. The third-order valence-electron chi connectivity index (χ3n) is 4.16. The monoisotopic (exact) mass is 371 g/mol. The summed E-state index contributed by atoms with van der Waals surface area (Å²) < 4.78 is 0. The molecule has 0 heterocycles. The van der Waals surface area contributed by atoms with Crippen molar-refractivity contribution in [2.75, 3.05) is 5.32 Å². The van der Waals surface area contributed by atoms with Crippen molar-refractivity contribution < 1.29 is 14.7 Å². The number of anilines is 1. The Morgan fingerprint density at radius 2 is 1.77 bits per heavy atom. The predicted octanol–water partition coefficient (Wildman–Crippen LogP) is 4.91. The van der Waals surface area contributed by atoms with Gasteiger partial charge < -0.3 is 10.4 Å². The zero-order chi connectivity index (χ0) is 19.1. The molecule has 4 nitrogen and oxygen atoms in total. The third-order valence-corrected chi connectivity index (χ3v) is 5.31. The molecule has 1 amide bonds. The van der Waals surface area contributed by atoms with Gasteiger partial charge in [0.15, 0.2) is 0 Å². The Morgan fingerprint density at radius 3 is 2.46 bits per heavy atom. The average Bonchev–Trinajstić information content (AvgIpc) is 2.60. The van der Waals surface area contributed by atoms with Crippen LogP contribution in [-0.4, -0.2) is 22.2 Å². The van der Waals surface area contributed by atoms with Crippen LogP contribution >= 0.6 is 11.8 Å². The first-order valence-corrected chi connectivity index (χ1v) is 9.74.